The minimum absolute atomic E-state index is 0.0414. The number of rotatable bonds is 3. The summed E-state index contributed by atoms with van der Waals surface area (Å²) < 4.78 is 24.6. The van der Waals surface area contributed by atoms with Gasteiger partial charge in [0.15, 0.2) is 5.79 Å². The molecule has 0 bridgehead atoms. The molecule has 21 heavy (non-hydrogen) atoms. The van der Waals surface area contributed by atoms with Gasteiger partial charge in [-0.3, -0.25) is 4.21 Å². The van der Waals surface area contributed by atoms with Gasteiger partial charge < -0.3 is 14.8 Å². The van der Waals surface area contributed by atoms with Crippen LogP contribution >= 0.6 is 11.6 Å². The molecule has 116 valence electrons. The zero-order chi connectivity index (χ0) is 14.9. The number of nitrogens with one attached hydrogen (secondary N) is 1. The van der Waals surface area contributed by atoms with Gasteiger partial charge in [-0.05, 0) is 31.7 Å². The van der Waals surface area contributed by atoms with E-state index in [0.717, 1.165) is 17.7 Å². The molecule has 1 aromatic carbocycles. The summed E-state index contributed by atoms with van der Waals surface area (Å²) in [5.41, 5.74) is 0. The van der Waals surface area contributed by atoms with Crippen molar-refractivity contribution in [3.63, 3.8) is 0 Å². The lowest BCUT2D eigenvalue weighted by molar-refractivity contribution is -0.178. The molecule has 1 saturated heterocycles. The summed E-state index contributed by atoms with van der Waals surface area (Å²) in [6.45, 7) is 1.25. The summed E-state index contributed by atoms with van der Waals surface area (Å²) in [5, 5.41) is 3.86. The summed E-state index contributed by atoms with van der Waals surface area (Å²) in [6.07, 6.45) is 2.40. The number of hydrogen-bond donors (Lipinski definition) is 1. The van der Waals surface area contributed by atoms with Crippen LogP contribution < -0.4 is 5.32 Å². The molecule has 3 rings (SSSR count). The Morgan fingerprint density at radius 3 is 2.81 bits per heavy atom. The lowest BCUT2D eigenvalue weighted by atomic mass is 9.89. The van der Waals surface area contributed by atoms with Crippen molar-refractivity contribution in [2.24, 2.45) is 0 Å². The SMILES string of the molecule is CNC1CCC2(CC1S(=O)c1cccc(Cl)c1)OCCO2. The molecule has 1 saturated carbocycles. The molecule has 2 fully saturated rings. The van der Waals surface area contributed by atoms with E-state index in [1.807, 2.05) is 19.2 Å². The van der Waals surface area contributed by atoms with E-state index in [9.17, 15) is 4.21 Å². The Balaban J connectivity index is 1.84. The van der Waals surface area contributed by atoms with Crippen LogP contribution in [0.4, 0.5) is 0 Å². The first kappa shape index (κ1) is 15.4. The van der Waals surface area contributed by atoms with Crippen LogP contribution in [0.1, 0.15) is 19.3 Å². The molecule has 1 aliphatic carbocycles. The quantitative estimate of drug-likeness (QED) is 0.924. The Kier molecular flexibility index (Phi) is 4.66. The van der Waals surface area contributed by atoms with Crippen LogP contribution in [0.25, 0.3) is 0 Å². The Morgan fingerprint density at radius 1 is 1.38 bits per heavy atom. The monoisotopic (exact) mass is 329 g/mol. The summed E-state index contributed by atoms with van der Waals surface area (Å²) in [6, 6.07) is 7.48. The molecule has 0 amide bonds. The smallest absolute Gasteiger partial charge is 0.169 e. The van der Waals surface area contributed by atoms with Crippen LogP contribution in [0, 0.1) is 0 Å². The summed E-state index contributed by atoms with van der Waals surface area (Å²) in [5.74, 6) is -0.535. The molecule has 1 N–H and O–H groups in total. The first-order chi connectivity index (χ1) is 10.1. The van der Waals surface area contributed by atoms with E-state index >= 15 is 0 Å². The minimum atomic E-state index is -1.14. The molecule has 1 spiro atoms. The minimum Gasteiger partial charge on any atom is -0.347 e. The van der Waals surface area contributed by atoms with E-state index < -0.39 is 16.6 Å². The maximum atomic E-state index is 13.0. The third-order valence-electron chi connectivity index (χ3n) is 4.28. The molecule has 0 aromatic heterocycles. The average Bonchev–Trinajstić information content (AvgIpc) is 2.94. The highest BCUT2D eigenvalue weighted by Crippen LogP contribution is 2.39. The van der Waals surface area contributed by atoms with Crippen molar-refractivity contribution in [3.05, 3.63) is 29.3 Å². The average molecular weight is 330 g/mol. The Morgan fingerprint density at radius 2 is 2.14 bits per heavy atom. The van der Waals surface area contributed by atoms with Crippen LogP contribution in [0.5, 0.6) is 0 Å². The van der Waals surface area contributed by atoms with E-state index in [4.69, 9.17) is 21.1 Å². The maximum absolute atomic E-state index is 13.0. The van der Waals surface area contributed by atoms with E-state index in [1.165, 1.54) is 0 Å². The fourth-order valence-electron chi connectivity index (χ4n) is 3.19. The molecule has 6 heteroatoms. The lowest BCUT2D eigenvalue weighted by Crippen LogP contribution is -2.51. The Labute approximate surface area is 132 Å². The van der Waals surface area contributed by atoms with E-state index in [1.54, 1.807) is 12.1 Å². The van der Waals surface area contributed by atoms with E-state index in [-0.39, 0.29) is 11.3 Å². The Bertz CT molecular complexity index is 533. The lowest BCUT2D eigenvalue weighted by Gasteiger charge is -2.40. The fraction of sp³-hybridized carbons (Fsp3) is 0.600. The van der Waals surface area contributed by atoms with Crippen molar-refractivity contribution < 1.29 is 13.7 Å². The first-order valence-electron chi connectivity index (χ1n) is 7.25. The molecule has 0 radical (unpaired) electrons. The third kappa shape index (κ3) is 3.17. The van der Waals surface area contributed by atoms with Crippen molar-refractivity contribution in [2.75, 3.05) is 20.3 Å². The molecule has 2 aliphatic rings. The molecule has 4 nitrogen and oxygen atoms in total. The highest BCUT2D eigenvalue weighted by atomic mass is 35.5. The topological polar surface area (TPSA) is 47.6 Å². The van der Waals surface area contributed by atoms with Gasteiger partial charge in [-0.25, -0.2) is 0 Å². The highest BCUT2D eigenvalue weighted by Gasteiger charge is 2.46. The van der Waals surface area contributed by atoms with Gasteiger partial charge in [0.1, 0.15) is 0 Å². The normalized spacial score (nSPS) is 29.6. The van der Waals surface area contributed by atoms with Crippen molar-refractivity contribution in [3.8, 4) is 0 Å². The van der Waals surface area contributed by atoms with Crippen LogP contribution in [-0.2, 0) is 20.3 Å². The molecular weight excluding hydrogens is 310 g/mol. The van der Waals surface area contributed by atoms with Crippen molar-refractivity contribution >= 4 is 22.4 Å². The van der Waals surface area contributed by atoms with Gasteiger partial charge >= 0.3 is 0 Å². The zero-order valence-corrected chi connectivity index (χ0v) is 13.6. The van der Waals surface area contributed by atoms with Gasteiger partial charge in [-0.2, -0.15) is 0 Å². The van der Waals surface area contributed by atoms with Crippen molar-refractivity contribution in [1.29, 1.82) is 0 Å². The van der Waals surface area contributed by atoms with Crippen molar-refractivity contribution in [2.45, 2.75) is 41.2 Å². The molecule has 1 heterocycles. The third-order valence-corrected chi connectivity index (χ3v) is 6.28. The summed E-state index contributed by atoms with van der Waals surface area (Å²) in [7, 11) is 0.779. The number of ether oxygens (including phenoxy) is 2. The predicted octanol–water partition coefficient (Wildman–Crippen LogP) is 2.33. The number of benzene rings is 1. The second-order valence-electron chi connectivity index (χ2n) is 5.54. The summed E-state index contributed by atoms with van der Waals surface area (Å²) >= 11 is 6.02. The van der Waals surface area contributed by atoms with Crippen LogP contribution in [-0.4, -0.2) is 41.5 Å². The molecule has 3 atom stereocenters. The molecule has 1 aromatic rings. The highest BCUT2D eigenvalue weighted by molar-refractivity contribution is 7.85. The van der Waals surface area contributed by atoms with Gasteiger partial charge in [0.25, 0.3) is 0 Å². The predicted molar refractivity (Wildman–Crippen MR) is 83.0 cm³/mol. The largest absolute Gasteiger partial charge is 0.347 e. The Hall–Kier alpha value is -0.460. The van der Waals surface area contributed by atoms with Gasteiger partial charge in [0.2, 0.25) is 0 Å². The van der Waals surface area contributed by atoms with Crippen molar-refractivity contribution in [1.82, 2.24) is 5.32 Å². The van der Waals surface area contributed by atoms with E-state index in [2.05, 4.69) is 5.32 Å². The zero-order valence-electron chi connectivity index (χ0n) is 12.0. The molecule has 3 unspecified atom stereocenters. The standard InChI is InChI=1S/C15H20ClNO3S/c1-17-13-5-6-15(19-7-8-20-15)10-14(13)21(18)12-4-2-3-11(16)9-12/h2-4,9,13-14,17H,5-8,10H2,1H3. The van der Waals surface area contributed by atoms with Crippen LogP contribution in [0.15, 0.2) is 29.2 Å². The second-order valence-corrected chi connectivity index (χ2v) is 7.65. The summed E-state index contributed by atoms with van der Waals surface area (Å²) in [4.78, 5) is 0.766. The number of halogens is 1. The maximum Gasteiger partial charge on any atom is 0.169 e. The molecular formula is C15H20ClNO3S. The number of hydrogen-bond acceptors (Lipinski definition) is 4. The fourth-order valence-corrected chi connectivity index (χ4v) is 5.23. The van der Waals surface area contributed by atoms with E-state index in [0.29, 0.717) is 24.7 Å². The van der Waals surface area contributed by atoms with Crippen LogP contribution in [0.3, 0.4) is 0 Å². The second kappa shape index (κ2) is 6.34. The molecule has 1 aliphatic heterocycles. The first-order valence-corrected chi connectivity index (χ1v) is 8.84. The van der Waals surface area contributed by atoms with Gasteiger partial charge in [0, 0.05) is 28.8 Å². The van der Waals surface area contributed by atoms with Gasteiger partial charge in [-0.1, -0.05) is 17.7 Å². The van der Waals surface area contributed by atoms with Gasteiger partial charge in [0.05, 0.1) is 29.3 Å². The van der Waals surface area contributed by atoms with Crippen LogP contribution in [0.2, 0.25) is 5.02 Å². The van der Waals surface area contributed by atoms with Gasteiger partial charge in [-0.15, -0.1) is 0 Å².